The van der Waals surface area contributed by atoms with Gasteiger partial charge in [-0.3, -0.25) is 4.79 Å². The average molecular weight is 356 g/mol. The molecule has 0 aliphatic carbocycles. The van der Waals surface area contributed by atoms with Crippen molar-refractivity contribution in [3.8, 4) is 0 Å². The molecule has 0 aromatic heterocycles. The molecule has 0 radical (unpaired) electrons. The summed E-state index contributed by atoms with van der Waals surface area (Å²) in [6.07, 6.45) is 3.74. The van der Waals surface area contributed by atoms with Gasteiger partial charge in [0.25, 0.3) is 0 Å². The van der Waals surface area contributed by atoms with Gasteiger partial charge in [-0.2, -0.15) is 0 Å². The third-order valence-electron chi connectivity index (χ3n) is 4.10. The maximum atomic E-state index is 14.3. The van der Waals surface area contributed by atoms with E-state index in [1.807, 2.05) is 66.7 Å². The van der Waals surface area contributed by atoms with Crippen LogP contribution in [0.25, 0.3) is 0 Å². The zero-order chi connectivity index (χ0) is 18.3. The van der Waals surface area contributed by atoms with Crippen molar-refractivity contribution < 1.29 is 14.1 Å². The monoisotopic (exact) mass is 356 g/mol. The predicted molar refractivity (Wildman–Crippen MR) is 104 cm³/mol. The predicted octanol–water partition coefficient (Wildman–Crippen LogP) is 4.14. The Labute approximate surface area is 150 Å². The molecule has 25 heavy (non-hydrogen) atoms. The minimum Gasteiger partial charge on any atom is -0.462 e. The molecule has 0 saturated heterocycles. The second-order valence-corrected chi connectivity index (χ2v) is 9.24. The van der Waals surface area contributed by atoms with Crippen molar-refractivity contribution in [3.63, 3.8) is 0 Å². The van der Waals surface area contributed by atoms with Crippen molar-refractivity contribution in [3.05, 3.63) is 72.8 Å². The van der Waals surface area contributed by atoms with Gasteiger partial charge in [0.2, 0.25) is 0 Å². The van der Waals surface area contributed by atoms with E-state index in [1.165, 1.54) is 6.92 Å². The third-order valence-corrected chi connectivity index (χ3v) is 7.84. The first kappa shape index (κ1) is 19.2. The van der Waals surface area contributed by atoms with Gasteiger partial charge in [0.15, 0.2) is 0 Å². The zero-order valence-electron chi connectivity index (χ0n) is 15.0. The molecule has 0 fully saturated rings. The number of esters is 1. The Bertz CT molecular complexity index is 708. The van der Waals surface area contributed by atoms with E-state index in [-0.39, 0.29) is 24.2 Å². The molecule has 2 rings (SSSR count). The Morgan fingerprint density at radius 2 is 1.48 bits per heavy atom. The Morgan fingerprint density at radius 1 is 1.00 bits per heavy atom. The maximum absolute atomic E-state index is 14.3. The molecule has 0 aliphatic rings. The quantitative estimate of drug-likeness (QED) is 0.425. The Kier molecular flexibility index (Phi) is 6.78. The number of benzene rings is 2. The van der Waals surface area contributed by atoms with Crippen molar-refractivity contribution in [2.45, 2.75) is 26.4 Å². The fourth-order valence-electron chi connectivity index (χ4n) is 2.92. The van der Waals surface area contributed by atoms with Gasteiger partial charge in [-0.15, -0.1) is 0 Å². The molecule has 0 spiro atoms. The number of ether oxygens (including phenoxy) is 1. The van der Waals surface area contributed by atoms with Gasteiger partial charge in [0, 0.05) is 23.2 Å². The third kappa shape index (κ3) is 4.70. The van der Waals surface area contributed by atoms with Gasteiger partial charge in [-0.05, 0) is 5.92 Å². The molecule has 0 heterocycles. The van der Waals surface area contributed by atoms with Crippen molar-refractivity contribution in [2.24, 2.45) is 5.92 Å². The van der Waals surface area contributed by atoms with Crippen LogP contribution in [0.5, 0.6) is 0 Å². The smallest absolute Gasteiger partial charge is 0.302 e. The molecule has 2 aromatic carbocycles. The second-order valence-electron chi connectivity index (χ2n) is 6.29. The highest BCUT2D eigenvalue weighted by Crippen LogP contribution is 2.51. The van der Waals surface area contributed by atoms with E-state index in [0.717, 1.165) is 10.6 Å². The van der Waals surface area contributed by atoms with E-state index < -0.39 is 7.14 Å². The van der Waals surface area contributed by atoms with Crippen molar-refractivity contribution in [2.75, 3.05) is 6.61 Å². The van der Waals surface area contributed by atoms with Crippen LogP contribution in [0.1, 0.15) is 20.8 Å². The summed E-state index contributed by atoms with van der Waals surface area (Å²) in [5, 5.41) is 1.69. The van der Waals surface area contributed by atoms with Crippen LogP contribution in [-0.2, 0) is 14.1 Å². The highest BCUT2D eigenvalue weighted by molar-refractivity contribution is 7.79. The number of hydrogen-bond acceptors (Lipinski definition) is 3. The molecular weight excluding hydrogens is 331 g/mol. The summed E-state index contributed by atoms with van der Waals surface area (Å²) < 4.78 is 19.3. The van der Waals surface area contributed by atoms with E-state index in [1.54, 1.807) is 6.08 Å². The van der Waals surface area contributed by atoms with Crippen molar-refractivity contribution in [1.82, 2.24) is 0 Å². The normalized spacial score (nSPS) is 13.1. The fraction of sp³-hybridized carbons (Fsp3) is 0.286. The average Bonchev–Trinajstić information content (AvgIpc) is 2.62. The van der Waals surface area contributed by atoms with Crippen LogP contribution in [-0.4, -0.2) is 18.2 Å². The van der Waals surface area contributed by atoms with Gasteiger partial charge in [0.1, 0.15) is 13.7 Å². The summed E-state index contributed by atoms with van der Waals surface area (Å²) >= 11 is 0. The first-order valence-electron chi connectivity index (χ1n) is 8.47. The Hall–Kier alpha value is -2.12. The molecule has 3 nitrogen and oxygen atoms in total. The van der Waals surface area contributed by atoms with Gasteiger partial charge >= 0.3 is 5.97 Å². The highest BCUT2D eigenvalue weighted by atomic mass is 31.2. The van der Waals surface area contributed by atoms with Crippen LogP contribution in [0.4, 0.5) is 0 Å². The summed E-state index contributed by atoms with van der Waals surface area (Å²) in [7, 11) is -2.88. The Balaban J connectivity index is 2.49. The van der Waals surface area contributed by atoms with Crippen LogP contribution in [0, 0.1) is 5.92 Å². The molecule has 0 amide bonds. The number of hydrogen-bond donors (Lipinski definition) is 0. The van der Waals surface area contributed by atoms with Gasteiger partial charge < -0.3 is 9.30 Å². The van der Waals surface area contributed by atoms with Gasteiger partial charge in [0.05, 0.1) is 0 Å². The lowest BCUT2D eigenvalue weighted by atomic mass is 10.1. The van der Waals surface area contributed by atoms with Crippen LogP contribution < -0.4 is 10.6 Å². The fourth-order valence-corrected chi connectivity index (χ4v) is 6.34. The Morgan fingerprint density at radius 3 is 1.88 bits per heavy atom. The van der Waals surface area contributed by atoms with Gasteiger partial charge in [-0.1, -0.05) is 86.7 Å². The molecule has 0 aliphatic heterocycles. The number of carbonyl (C=O) groups excluding carboxylic acids is 1. The summed E-state index contributed by atoms with van der Waals surface area (Å²) in [5.41, 5.74) is -0.173. The molecule has 2 aromatic rings. The summed E-state index contributed by atoms with van der Waals surface area (Å²) in [5.74, 6) is -0.153. The summed E-state index contributed by atoms with van der Waals surface area (Å²) in [6.45, 7) is 5.72. The van der Waals surface area contributed by atoms with Crippen LogP contribution in [0.15, 0.2) is 72.8 Å². The largest absolute Gasteiger partial charge is 0.462 e. The molecular formula is C21H25O3P. The van der Waals surface area contributed by atoms with Crippen LogP contribution >= 0.6 is 7.14 Å². The topological polar surface area (TPSA) is 43.4 Å². The molecule has 1 atom stereocenters. The molecule has 132 valence electrons. The van der Waals surface area contributed by atoms with E-state index in [4.69, 9.17) is 4.74 Å². The summed E-state index contributed by atoms with van der Waals surface area (Å²) in [4.78, 5) is 11.0. The van der Waals surface area contributed by atoms with Crippen LogP contribution in [0.2, 0.25) is 0 Å². The van der Waals surface area contributed by atoms with Gasteiger partial charge in [-0.25, -0.2) is 0 Å². The van der Waals surface area contributed by atoms with E-state index >= 15 is 0 Å². The maximum Gasteiger partial charge on any atom is 0.302 e. The lowest BCUT2D eigenvalue weighted by Crippen LogP contribution is -2.28. The second kappa shape index (κ2) is 8.82. The molecule has 1 unspecified atom stereocenters. The minimum atomic E-state index is -2.88. The van der Waals surface area contributed by atoms with Crippen molar-refractivity contribution in [1.29, 1.82) is 0 Å². The SMILES string of the molecule is CC(=O)OC/C=C/C(C(C)C)P(=O)(c1ccccc1)c1ccccc1. The molecule has 0 saturated carbocycles. The summed E-state index contributed by atoms with van der Waals surface area (Å²) in [6, 6.07) is 19.3. The lowest BCUT2D eigenvalue weighted by molar-refractivity contribution is -0.139. The number of carbonyl (C=O) groups is 1. The zero-order valence-corrected chi connectivity index (χ0v) is 15.9. The molecule has 0 bridgehead atoms. The van der Waals surface area contributed by atoms with E-state index in [0.29, 0.717) is 0 Å². The number of rotatable bonds is 7. The highest BCUT2D eigenvalue weighted by Gasteiger charge is 2.36. The molecule has 4 heteroatoms. The minimum absolute atomic E-state index is 0.167. The number of allylic oxidation sites excluding steroid dienone is 1. The van der Waals surface area contributed by atoms with Crippen LogP contribution in [0.3, 0.4) is 0 Å². The van der Waals surface area contributed by atoms with E-state index in [9.17, 15) is 9.36 Å². The molecule has 0 N–H and O–H groups in total. The first-order valence-corrected chi connectivity index (χ1v) is 10.2. The standard InChI is InChI=1S/C21H25O3P/c1-17(2)21(15-10-16-24-18(3)22)25(23,19-11-6-4-7-12-19)20-13-8-5-9-14-20/h4-15,17,21H,16H2,1-3H3/b15-10+. The van der Waals surface area contributed by atoms with Crippen molar-refractivity contribution >= 4 is 23.7 Å². The first-order chi connectivity index (χ1) is 12.0. The van der Waals surface area contributed by atoms with E-state index in [2.05, 4.69) is 13.8 Å². The lowest BCUT2D eigenvalue weighted by Gasteiger charge is -2.29.